The van der Waals surface area contributed by atoms with Gasteiger partial charge in [0.15, 0.2) is 0 Å². The molecule has 5 heteroatoms. The average molecular weight is 445 g/mol. The predicted octanol–water partition coefficient (Wildman–Crippen LogP) is 7.45. The van der Waals surface area contributed by atoms with Crippen LogP contribution in [0.3, 0.4) is 0 Å². The van der Waals surface area contributed by atoms with Crippen LogP contribution in [0.4, 0.5) is 0 Å². The molecule has 2 aromatic rings. The summed E-state index contributed by atoms with van der Waals surface area (Å²) in [5.41, 5.74) is 0.578. The Morgan fingerprint density at radius 1 is 1.07 bits per heavy atom. The number of nitrogens with zero attached hydrogens (tertiary/aromatic N) is 2. The predicted molar refractivity (Wildman–Crippen MR) is 124 cm³/mol. The lowest BCUT2D eigenvalue weighted by molar-refractivity contribution is -0.153. The number of hydrogen-bond donors (Lipinski definition) is 0. The van der Waals surface area contributed by atoms with E-state index in [1.165, 1.54) is 0 Å². The van der Waals surface area contributed by atoms with Gasteiger partial charge in [-0.2, -0.15) is 5.26 Å². The Labute approximate surface area is 190 Å². The van der Waals surface area contributed by atoms with E-state index in [0.29, 0.717) is 5.02 Å². The number of likely N-dealkylation sites (tertiary alicyclic amines) is 1. The lowest BCUT2D eigenvalue weighted by Gasteiger charge is -2.47. The number of benzene rings is 2. The van der Waals surface area contributed by atoms with Crippen LogP contribution in [0.25, 0.3) is 0 Å². The normalized spacial score (nSPS) is 21.0. The Bertz CT molecular complexity index is 844. The standard InChI is InChI=1S/C19H25ClN2O.C6H5Cl/c1-4-16(5-2)22-17(14-6-8-15(20)9-7-14)10-11-19(3,12-13-21)18(22)23;7-6-4-2-1-3-5-6/h6-9,16-17H,4-5,10-12H2,1-3H3;1-5H/t17?,19-;/m1./s1. The van der Waals surface area contributed by atoms with Gasteiger partial charge in [-0.3, -0.25) is 4.79 Å². The number of amides is 1. The summed E-state index contributed by atoms with van der Waals surface area (Å²) in [6.07, 6.45) is 3.78. The molecule has 1 fully saturated rings. The topological polar surface area (TPSA) is 44.1 Å². The molecule has 3 nitrogen and oxygen atoms in total. The molecule has 0 aromatic heterocycles. The van der Waals surface area contributed by atoms with Crippen molar-refractivity contribution < 1.29 is 4.79 Å². The van der Waals surface area contributed by atoms with Crippen LogP contribution in [-0.2, 0) is 4.79 Å². The molecule has 1 heterocycles. The molecular formula is C25H30Cl2N2O. The van der Waals surface area contributed by atoms with Crippen molar-refractivity contribution in [1.29, 1.82) is 5.26 Å². The van der Waals surface area contributed by atoms with Crippen molar-refractivity contribution in [2.45, 2.75) is 65.0 Å². The van der Waals surface area contributed by atoms with Crippen molar-refractivity contribution in [2.75, 3.05) is 0 Å². The first kappa shape index (κ1) is 24.3. The molecule has 2 aromatic carbocycles. The zero-order chi connectivity index (χ0) is 22.1. The maximum Gasteiger partial charge on any atom is 0.230 e. The number of halogens is 2. The fourth-order valence-electron chi connectivity index (χ4n) is 4.02. The summed E-state index contributed by atoms with van der Waals surface area (Å²) in [7, 11) is 0. The summed E-state index contributed by atoms with van der Waals surface area (Å²) in [4.78, 5) is 15.2. The third-order valence-electron chi connectivity index (χ3n) is 5.85. The van der Waals surface area contributed by atoms with Crippen molar-refractivity contribution in [3.63, 3.8) is 0 Å². The minimum atomic E-state index is -0.555. The molecule has 30 heavy (non-hydrogen) atoms. The fourth-order valence-corrected chi connectivity index (χ4v) is 4.29. The van der Waals surface area contributed by atoms with Gasteiger partial charge in [0.05, 0.1) is 17.5 Å². The second kappa shape index (κ2) is 11.4. The highest BCUT2D eigenvalue weighted by Gasteiger charge is 2.45. The van der Waals surface area contributed by atoms with Gasteiger partial charge in [0.1, 0.15) is 0 Å². The highest BCUT2D eigenvalue weighted by atomic mass is 35.5. The Kier molecular flexibility index (Phi) is 9.21. The molecule has 0 N–H and O–H groups in total. The SMILES string of the molecule is CCC(CC)N1C(=O)[C@@](C)(CC#N)CCC1c1ccc(Cl)cc1.Clc1ccccc1. The number of carbonyl (C=O) groups excluding carboxylic acids is 1. The Morgan fingerprint density at radius 3 is 2.10 bits per heavy atom. The zero-order valence-corrected chi connectivity index (χ0v) is 19.5. The molecule has 1 aliphatic heterocycles. The van der Waals surface area contributed by atoms with Gasteiger partial charge in [0.2, 0.25) is 5.91 Å². The van der Waals surface area contributed by atoms with E-state index >= 15 is 0 Å². The van der Waals surface area contributed by atoms with E-state index in [9.17, 15) is 4.79 Å². The van der Waals surface area contributed by atoms with Gasteiger partial charge >= 0.3 is 0 Å². The molecule has 1 aliphatic rings. The maximum absolute atomic E-state index is 13.2. The van der Waals surface area contributed by atoms with Crippen LogP contribution >= 0.6 is 23.2 Å². The number of nitriles is 1. The Morgan fingerprint density at radius 2 is 1.63 bits per heavy atom. The smallest absolute Gasteiger partial charge is 0.230 e. The third-order valence-corrected chi connectivity index (χ3v) is 6.35. The summed E-state index contributed by atoms with van der Waals surface area (Å²) in [5, 5.41) is 10.6. The summed E-state index contributed by atoms with van der Waals surface area (Å²) in [6, 6.07) is 19.7. The summed E-state index contributed by atoms with van der Waals surface area (Å²) >= 11 is 11.5. The summed E-state index contributed by atoms with van der Waals surface area (Å²) < 4.78 is 0. The van der Waals surface area contributed by atoms with Crippen LogP contribution in [-0.4, -0.2) is 16.8 Å². The van der Waals surface area contributed by atoms with Crippen molar-refractivity contribution in [3.05, 3.63) is 70.2 Å². The first-order valence-corrected chi connectivity index (χ1v) is 11.3. The Hall–Kier alpha value is -2.02. The number of carbonyl (C=O) groups is 1. The molecule has 0 aliphatic carbocycles. The van der Waals surface area contributed by atoms with E-state index in [1.807, 2.05) is 66.4 Å². The molecule has 160 valence electrons. The molecule has 1 amide bonds. The van der Waals surface area contributed by atoms with Gasteiger partial charge < -0.3 is 4.90 Å². The first-order chi connectivity index (χ1) is 14.4. The van der Waals surface area contributed by atoms with Crippen LogP contribution in [0.1, 0.15) is 64.5 Å². The second-order valence-electron chi connectivity index (χ2n) is 7.98. The lowest BCUT2D eigenvalue weighted by Crippen LogP contribution is -2.52. The van der Waals surface area contributed by atoms with Crippen LogP contribution in [0.15, 0.2) is 54.6 Å². The van der Waals surface area contributed by atoms with E-state index in [2.05, 4.69) is 19.9 Å². The van der Waals surface area contributed by atoms with Gasteiger partial charge in [-0.1, -0.05) is 67.4 Å². The third kappa shape index (κ3) is 6.00. The van der Waals surface area contributed by atoms with Crippen molar-refractivity contribution in [1.82, 2.24) is 4.90 Å². The monoisotopic (exact) mass is 444 g/mol. The second-order valence-corrected chi connectivity index (χ2v) is 8.85. The van der Waals surface area contributed by atoms with Gasteiger partial charge in [-0.05, 0) is 62.4 Å². The van der Waals surface area contributed by atoms with Gasteiger partial charge in [-0.15, -0.1) is 0 Å². The van der Waals surface area contributed by atoms with Gasteiger partial charge in [-0.25, -0.2) is 0 Å². The zero-order valence-electron chi connectivity index (χ0n) is 17.9. The summed E-state index contributed by atoms with van der Waals surface area (Å²) in [5.74, 6) is 0.124. The van der Waals surface area contributed by atoms with E-state index in [-0.39, 0.29) is 24.4 Å². The highest BCUT2D eigenvalue weighted by Crippen LogP contribution is 2.44. The van der Waals surface area contributed by atoms with Crippen molar-refractivity contribution >= 4 is 29.1 Å². The van der Waals surface area contributed by atoms with Crippen LogP contribution in [0.2, 0.25) is 10.0 Å². The van der Waals surface area contributed by atoms with Crippen LogP contribution in [0.5, 0.6) is 0 Å². The minimum Gasteiger partial charge on any atom is -0.332 e. The summed E-state index contributed by atoms with van der Waals surface area (Å²) in [6.45, 7) is 6.18. The van der Waals surface area contributed by atoms with E-state index in [1.54, 1.807) is 0 Å². The molecule has 0 radical (unpaired) electrons. The molecule has 2 atom stereocenters. The van der Waals surface area contributed by atoms with Crippen LogP contribution in [0, 0.1) is 16.7 Å². The molecule has 3 rings (SSSR count). The largest absolute Gasteiger partial charge is 0.332 e. The fraction of sp³-hybridized carbons (Fsp3) is 0.440. The lowest BCUT2D eigenvalue weighted by atomic mass is 9.74. The molecule has 1 saturated heterocycles. The quantitative estimate of drug-likeness (QED) is 0.480. The molecular weight excluding hydrogens is 415 g/mol. The van der Waals surface area contributed by atoms with Crippen molar-refractivity contribution in [3.8, 4) is 6.07 Å². The van der Waals surface area contributed by atoms with E-state index in [4.69, 9.17) is 28.5 Å². The first-order valence-electron chi connectivity index (χ1n) is 10.5. The number of hydrogen-bond acceptors (Lipinski definition) is 2. The number of rotatable bonds is 5. The number of piperidine rings is 1. The van der Waals surface area contributed by atoms with E-state index in [0.717, 1.165) is 36.3 Å². The van der Waals surface area contributed by atoms with Crippen molar-refractivity contribution in [2.24, 2.45) is 5.41 Å². The minimum absolute atomic E-state index is 0.0800. The van der Waals surface area contributed by atoms with E-state index < -0.39 is 5.41 Å². The molecule has 1 unspecified atom stereocenters. The highest BCUT2D eigenvalue weighted by molar-refractivity contribution is 6.30. The Balaban J connectivity index is 0.000000386. The maximum atomic E-state index is 13.2. The molecule has 0 spiro atoms. The average Bonchev–Trinajstić information content (AvgIpc) is 2.74. The van der Waals surface area contributed by atoms with Crippen LogP contribution < -0.4 is 0 Å². The molecule has 0 saturated carbocycles. The van der Waals surface area contributed by atoms with Gasteiger partial charge in [0.25, 0.3) is 0 Å². The molecule has 0 bridgehead atoms. The van der Waals surface area contributed by atoms with Gasteiger partial charge in [0, 0.05) is 22.5 Å².